The molecule has 3 rings (SSSR count). The highest BCUT2D eigenvalue weighted by Crippen LogP contribution is 2.38. The Labute approximate surface area is 108 Å². The Balaban J connectivity index is 1.73. The van der Waals surface area contributed by atoms with Gasteiger partial charge in [0.05, 0.1) is 0 Å². The molecule has 0 spiro atoms. The maximum absolute atomic E-state index is 12.4. The number of hydrogen-bond donors (Lipinski definition) is 1. The van der Waals surface area contributed by atoms with E-state index in [1.165, 1.54) is 19.3 Å². The van der Waals surface area contributed by atoms with Crippen molar-refractivity contribution in [2.75, 3.05) is 7.05 Å². The molecule has 0 aromatic heterocycles. The van der Waals surface area contributed by atoms with E-state index in [0.717, 1.165) is 25.7 Å². The van der Waals surface area contributed by atoms with Crippen molar-refractivity contribution in [1.29, 1.82) is 0 Å². The predicted molar refractivity (Wildman–Crippen MR) is 67.8 cm³/mol. The molecule has 2 atom stereocenters. The second-order valence-electron chi connectivity index (χ2n) is 6.12. The van der Waals surface area contributed by atoms with Gasteiger partial charge in [0.1, 0.15) is 12.1 Å². The molecule has 0 bridgehead atoms. The molecule has 18 heavy (non-hydrogen) atoms. The third-order valence-electron chi connectivity index (χ3n) is 4.79. The molecule has 1 aliphatic heterocycles. The Morgan fingerprint density at radius 2 is 1.67 bits per heavy atom. The summed E-state index contributed by atoms with van der Waals surface area (Å²) in [6.45, 7) is 0. The highest BCUT2D eigenvalue weighted by Gasteiger charge is 2.47. The Hall–Kier alpha value is -1.06. The van der Waals surface area contributed by atoms with Crippen LogP contribution in [0.1, 0.15) is 44.9 Å². The topological polar surface area (TPSA) is 49.4 Å². The maximum atomic E-state index is 12.4. The molecule has 4 heteroatoms. The Morgan fingerprint density at radius 1 is 1.00 bits per heavy atom. The zero-order valence-corrected chi connectivity index (χ0v) is 11.0. The van der Waals surface area contributed by atoms with Crippen LogP contribution >= 0.6 is 0 Å². The number of carbonyl (C=O) groups excluding carboxylic acids is 2. The largest absolute Gasteiger partial charge is 0.342 e. The van der Waals surface area contributed by atoms with Gasteiger partial charge < -0.3 is 10.2 Å². The average molecular weight is 250 g/mol. The van der Waals surface area contributed by atoms with Crippen molar-refractivity contribution in [2.24, 2.45) is 11.8 Å². The molecule has 1 saturated heterocycles. The zero-order chi connectivity index (χ0) is 12.7. The van der Waals surface area contributed by atoms with Crippen LogP contribution in [0.2, 0.25) is 0 Å². The predicted octanol–water partition coefficient (Wildman–Crippen LogP) is 1.30. The first-order valence-corrected chi connectivity index (χ1v) is 7.25. The fourth-order valence-electron chi connectivity index (χ4n) is 3.56. The van der Waals surface area contributed by atoms with Gasteiger partial charge in [-0.25, -0.2) is 0 Å². The minimum Gasteiger partial charge on any atom is -0.342 e. The van der Waals surface area contributed by atoms with Crippen molar-refractivity contribution < 1.29 is 9.59 Å². The minimum atomic E-state index is -0.252. The molecule has 100 valence electrons. The molecular weight excluding hydrogens is 228 g/mol. The lowest BCUT2D eigenvalue weighted by Gasteiger charge is -2.40. The van der Waals surface area contributed by atoms with E-state index in [1.54, 1.807) is 11.9 Å². The van der Waals surface area contributed by atoms with Crippen molar-refractivity contribution in [3.63, 3.8) is 0 Å². The van der Waals surface area contributed by atoms with Gasteiger partial charge in [-0.05, 0) is 37.5 Å². The van der Waals surface area contributed by atoms with Crippen molar-refractivity contribution in [2.45, 2.75) is 57.0 Å². The molecule has 1 N–H and O–H groups in total. The van der Waals surface area contributed by atoms with Crippen molar-refractivity contribution in [1.82, 2.24) is 10.2 Å². The highest BCUT2D eigenvalue weighted by molar-refractivity contribution is 5.97. The monoisotopic (exact) mass is 250 g/mol. The third-order valence-corrected chi connectivity index (χ3v) is 4.79. The van der Waals surface area contributed by atoms with Crippen LogP contribution in [0.3, 0.4) is 0 Å². The summed E-state index contributed by atoms with van der Waals surface area (Å²) in [5.74, 6) is 0.984. The average Bonchev–Trinajstić information content (AvgIpc) is 3.19. The summed E-state index contributed by atoms with van der Waals surface area (Å²) >= 11 is 0. The number of piperazine rings is 1. The van der Waals surface area contributed by atoms with Crippen LogP contribution in [0.4, 0.5) is 0 Å². The smallest absolute Gasteiger partial charge is 0.245 e. The second-order valence-corrected chi connectivity index (χ2v) is 6.12. The SMILES string of the molecule is CN1C(=O)C(C2CCCCC2)NC(=O)C1C1CC1. The van der Waals surface area contributed by atoms with Crippen LogP contribution in [-0.4, -0.2) is 35.8 Å². The van der Waals surface area contributed by atoms with E-state index in [1.807, 2.05) is 0 Å². The maximum Gasteiger partial charge on any atom is 0.245 e. The first-order valence-electron chi connectivity index (χ1n) is 7.25. The quantitative estimate of drug-likeness (QED) is 0.803. The lowest BCUT2D eigenvalue weighted by atomic mass is 9.82. The van der Waals surface area contributed by atoms with Gasteiger partial charge in [0.15, 0.2) is 0 Å². The van der Waals surface area contributed by atoms with E-state index in [-0.39, 0.29) is 23.9 Å². The Bertz CT molecular complexity index is 359. The normalized spacial score (nSPS) is 34.6. The molecule has 3 fully saturated rings. The molecular formula is C14H22N2O2. The van der Waals surface area contributed by atoms with Crippen LogP contribution in [0.25, 0.3) is 0 Å². The number of nitrogens with zero attached hydrogens (tertiary/aromatic N) is 1. The lowest BCUT2D eigenvalue weighted by molar-refractivity contribution is -0.150. The Kier molecular flexibility index (Phi) is 3.04. The number of nitrogens with one attached hydrogen (secondary N) is 1. The van der Waals surface area contributed by atoms with Gasteiger partial charge in [-0.3, -0.25) is 9.59 Å². The van der Waals surface area contributed by atoms with Gasteiger partial charge in [0.2, 0.25) is 11.8 Å². The molecule has 2 aliphatic carbocycles. The summed E-state index contributed by atoms with van der Waals surface area (Å²) in [6, 6.07) is -0.449. The summed E-state index contributed by atoms with van der Waals surface area (Å²) in [6.07, 6.45) is 8.00. The standard InChI is InChI=1S/C14H22N2O2/c1-16-12(10-7-8-10)13(17)15-11(14(16)18)9-5-3-2-4-6-9/h9-12H,2-8H2,1H3,(H,15,17). The fourth-order valence-corrected chi connectivity index (χ4v) is 3.56. The molecule has 0 aromatic carbocycles. The number of hydrogen-bond acceptors (Lipinski definition) is 2. The van der Waals surface area contributed by atoms with E-state index in [0.29, 0.717) is 11.8 Å². The van der Waals surface area contributed by atoms with E-state index in [9.17, 15) is 9.59 Å². The van der Waals surface area contributed by atoms with E-state index < -0.39 is 0 Å². The third kappa shape index (κ3) is 2.02. The second kappa shape index (κ2) is 4.56. The van der Waals surface area contributed by atoms with Gasteiger partial charge >= 0.3 is 0 Å². The van der Waals surface area contributed by atoms with Crippen LogP contribution < -0.4 is 5.32 Å². The lowest BCUT2D eigenvalue weighted by Crippen LogP contribution is -2.64. The summed E-state index contributed by atoms with van der Waals surface area (Å²) in [7, 11) is 1.81. The summed E-state index contributed by atoms with van der Waals surface area (Å²) in [4.78, 5) is 26.3. The molecule has 0 radical (unpaired) electrons. The molecule has 2 unspecified atom stereocenters. The summed E-state index contributed by atoms with van der Waals surface area (Å²) < 4.78 is 0. The number of likely N-dealkylation sites (N-methyl/N-ethyl adjacent to an activating group) is 1. The highest BCUT2D eigenvalue weighted by atomic mass is 16.2. The molecule has 4 nitrogen and oxygen atoms in total. The molecule has 2 amide bonds. The first kappa shape index (κ1) is 12.0. The van der Waals surface area contributed by atoms with Crippen LogP contribution in [-0.2, 0) is 9.59 Å². The molecule has 1 heterocycles. The van der Waals surface area contributed by atoms with Gasteiger partial charge in [-0.2, -0.15) is 0 Å². The van der Waals surface area contributed by atoms with Crippen LogP contribution in [0, 0.1) is 11.8 Å². The van der Waals surface area contributed by atoms with E-state index >= 15 is 0 Å². The Morgan fingerprint density at radius 3 is 2.28 bits per heavy atom. The zero-order valence-electron chi connectivity index (χ0n) is 11.0. The van der Waals surface area contributed by atoms with Gasteiger partial charge in [0, 0.05) is 7.05 Å². The van der Waals surface area contributed by atoms with Crippen molar-refractivity contribution in [3.05, 3.63) is 0 Å². The molecule has 0 aromatic rings. The van der Waals surface area contributed by atoms with Crippen LogP contribution in [0.5, 0.6) is 0 Å². The molecule has 3 aliphatic rings. The van der Waals surface area contributed by atoms with Crippen LogP contribution in [0.15, 0.2) is 0 Å². The minimum absolute atomic E-state index is 0.0789. The van der Waals surface area contributed by atoms with Gasteiger partial charge in [-0.1, -0.05) is 19.3 Å². The fraction of sp³-hybridized carbons (Fsp3) is 0.857. The summed E-state index contributed by atoms with van der Waals surface area (Å²) in [5, 5.41) is 3.01. The summed E-state index contributed by atoms with van der Waals surface area (Å²) in [5.41, 5.74) is 0. The van der Waals surface area contributed by atoms with E-state index in [4.69, 9.17) is 0 Å². The number of amides is 2. The number of carbonyl (C=O) groups is 2. The van der Waals surface area contributed by atoms with Crippen molar-refractivity contribution in [3.8, 4) is 0 Å². The first-order chi connectivity index (χ1) is 8.68. The molecule has 2 saturated carbocycles. The number of rotatable bonds is 2. The van der Waals surface area contributed by atoms with Gasteiger partial charge in [0.25, 0.3) is 0 Å². The van der Waals surface area contributed by atoms with E-state index in [2.05, 4.69) is 5.32 Å². The van der Waals surface area contributed by atoms with Crippen molar-refractivity contribution >= 4 is 11.8 Å². The van der Waals surface area contributed by atoms with Gasteiger partial charge in [-0.15, -0.1) is 0 Å².